The van der Waals surface area contributed by atoms with E-state index in [-0.39, 0.29) is 11.5 Å². The molecule has 2 aromatic heterocycles. The van der Waals surface area contributed by atoms with E-state index in [1.165, 1.54) is 4.52 Å². The van der Waals surface area contributed by atoms with Gasteiger partial charge in [-0.05, 0) is 30.9 Å². The maximum Gasteiger partial charge on any atom is 0.168 e. The molecule has 0 unspecified atom stereocenters. The largest absolute Gasteiger partial charge is 0.296 e. The van der Waals surface area contributed by atoms with Crippen molar-refractivity contribution in [2.75, 3.05) is 11.5 Å². The fourth-order valence-electron chi connectivity index (χ4n) is 2.55. The van der Waals surface area contributed by atoms with Crippen molar-refractivity contribution in [1.82, 2.24) is 14.6 Å². The lowest BCUT2D eigenvalue weighted by Gasteiger charge is -2.20. The molecule has 20 heavy (non-hydrogen) atoms. The molecule has 1 aliphatic heterocycles. The van der Waals surface area contributed by atoms with E-state index >= 15 is 0 Å². The van der Waals surface area contributed by atoms with Crippen molar-refractivity contribution >= 4 is 21.8 Å². The molecule has 0 spiro atoms. The second-order valence-corrected chi connectivity index (χ2v) is 7.47. The highest BCUT2D eigenvalue weighted by molar-refractivity contribution is 7.91. The van der Waals surface area contributed by atoms with Crippen LogP contribution in [0, 0.1) is 5.92 Å². The number of hydrogen-bond donors (Lipinski definition) is 0. The number of carbonyl (C=O) groups excluding carboxylic acids is 1. The van der Waals surface area contributed by atoms with Gasteiger partial charge in [-0.2, -0.15) is 5.10 Å². The van der Waals surface area contributed by atoms with E-state index in [0.29, 0.717) is 42.3 Å². The van der Waals surface area contributed by atoms with Crippen LogP contribution in [-0.2, 0) is 16.3 Å². The first-order valence-corrected chi connectivity index (χ1v) is 8.40. The minimum Gasteiger partial charge on any atom is -0.296 e. The van der Waals surface area contributed by atoms with Gasteiger partial charge in [0.05, 0.1) is 11.5 Å². The predicted molar refractivity (Wildman–Crippen MR) is 73.5 cm³/mol. The molecule has 0 aromatic carbocycles. The smallest absolute Gasteiger partial charge is 0.168 e. The molecule has 3 heterocycles. The van der Waals surface area contributed by atoms with Gasteiger partial charge in [0.1, 0.15) is 15.5 Å². The maximum absolute atomic E-state index is 11.4. The highest BCUT2D eigenvalue weighted by Gasteiger charge is 2.24. The van der Waals surface area contributed by atoms with E-state index in [2.05, 4.69) is 10.1 Å². The monoisotopic (exact) mass is 293 g/mol. The molecule has 0 saturated carbocycles. The Labute approximate surface area is 116 Å². The normalized spacial score (nSPS) is 19.2. The number of rotatable bonds is 3. The summed E-state index contributed by atoms with van der Waals surface area (Å²) < 4.78 is 24.3. The minimum absolute atomic E-state index is 0.255. The standard InChI is InChI=1S/C13H15N3O3S/c17-9-11-2-1-3-13-14-12(15-16(11)13)8-10-4-6-20(18,19)7-5-10/h1-3,9-10H,4-8H2. The zero-order valence-electron chi connectivity index (χ0n) is 10.9. The molecule has 0 amide bonds. The molecular weight excluding hydrogens is 278 g/mol. The van der Waals surface area contributed by atoms with Crippen molar-refractivity contribution in [1.29, 1.82) is 0 Å². The first-order valence-electron chi connectivity index (χ1n) is 6.58. The van der Waals surface area contributed by atoms with Crippen molar-refractivity contribution in [2.45, 2.75) is 19.3 Å². The summed E-state index contributed by atoms with van der Waals surface area (Å²) in [5, 5.41) is 4.34. The first-order chi connectivity index (χ1) is 9.57. The van der Waals surface area contributed by atoms with Crippen LogP contribution < -0.4 is 0 Å². The average molecular weight is 293 g/mol. The fraction of sp³-hybridized carbons (Fsp3) is 0.462. The summed E-state index contributed by atoms with van der Waals surface area (Å²) >= 11 is 0. The van der Waals surface area contributed by atoms with Crippen LogP contribution in [0.5, 0.6) is 0 Å². The van der Waals surface area contributed by atoms with Gasteiger partial charge in [0.15, 0.2) is 17.8 Å². The lowest BCUT2D eigenvalue weighted by molar-refractivity contribution is 0.111. The second-order valence-electron chi connectivity index (χ2n) is 5.17. The van der Waals surface area contributed by atoms with Crippen LogP contribution in [0.25, 0.3) is 5.65 Å². The topological polar surface area (TPSA) is 81.4 Å². The Balaban J connectivity index is 1.80. The first kappa shape index (κ1) is 13.2. The molecule has 0 radical (unpaired) electrons. The number of pyridine rings is 1. The van der Waals surface area contributed by atoms with Crippen LogP contribution in [0.15, 0.2) is 18.2 Å². The highest BCUT2D eigenvalue weighted by Crippen LogP contribution is 2.22. The third-order valence-corrected chi connectivity index (χ3v) is 5.41. The van der Waals surface area contributed by atoms with Gasteiger partial charge in [-0.15, -0.1) is 0 Å². The van der Waals surface area contributed by atoms with E-state index in [0.717, 1.165) is 6.29 Å². The van der Waals surface area contributed by atoms with Crippen LogP contribution in [-0.4, -0.2) is 40.8 Å². The van der Waals surface area contributed by atoms with Crippen molar-refractivity contribution < 1.29 is 13.2 Å². The van der Waals surface area contributed by atoms with Gasteiger partial charge >= 0.3 is 0 Å². The maximum atomic E-state index is 11.4. The highest BCUT2D eigenvalue weighted by atomic mass is 32.2. The molecular formula is C13H15N3O3S. The predicted octanol–water partition coefficient (Wildman–Crippen LogP) is 0.909. The van der Waals surface area contributed by atoms with E-state index in [4.69, 9.17) is 0 Å². The Morgan fingerprint density at radius 2 is 2.05 bits per heavy atom. The van der Waals surface area contributed by atoms with Gasteiger partial charge < -0.3 is 0 Å². The van der Waals surface area contributed by atoms with Crippen LogP contribution in [0.2, 0.25) is 0 Å². The molecule has 0 N–H and O–H groups in total. The average Bonchev–Trinajstić information content (AvgIpc) is 2.83. The molecule has 0 bridgehead atoms. The van der Waals surface area contributed by atoms with E-state index in [9.17, 15) is 13.2 Å². The van der Waals surface area contributed by atoms with Crippen molar-refractivity contribution in [2.24, 2.45) is 5.92 Å². The van der Waals surface area contributed by atoms with Gasteiger partial charge in [0.2, 0.25) is 0 Å². The lowest BCUT2D eigenvalue weighted by Crippen LogP contribution is -2.24. The van der Waals surface area contributed by atoms with Crippen LogP contribution in [0.1, 0.15) is 29.2 Å². The summed E-state index contributed by atoms with van der Waals surface area (Å²) in [4.78, 5) is 15.3. The molecule has 3 rings (SSSR count). The SMILES string of the molecule is O=Cc1cccc2nc(CC3CCS(=O)(=O)CC3)nn12. The van der Waals surface area contributed by atoms with Crippen LogP contribution >= 0.6 is 0 Å². The molecule has 1 saturated heterocycles. The number of fused-ring (bicyclic) bond motifs is 1. The van der Waals surface area contributed by atoms with Gasteiger partial charge in [-0.1, -0.05) is 6.07 Å². The Kier molecular flexibility index (Phi) is 3.29. The Morgan fingerprint density at radius 1 is 1.30 bits per heavy atom. The quantitative estimate of drug-likeness (QED) is 0.786. The minimum atomic E-state index is -2.84. The Bertz CT molecular complexity index is 737. The fourth-order valence-corrected chi connectivity index (χ4v) is 4.14. The third kappa shape index (κ3) is 2.58. The Hall–Kier alpha value is -1.76. The summed E-state index contributed by atoms with van der Waals surface area (Å²) in [5.41, 5.74) is 1.11. The number of aldehydes is 1. The van der Waals surface area contributed by atoms with Gasteiger partial charge in [-0.3, -0.25) is 4.79 Å². The third-order valence-electron chi connectivity index (χ3n) is 3.70. The molecule has 2 aromatic rings. The van der Waals surface area contributed by atoms with Crippen LogP contribution in [0.3, 0.4) is 0 Å². The number of nitrogens with zero attached hydrogens (tertiary/aromatic N) is 3. The molecule has 106 valence electrons. The van der Waals surface area contributed by atoms with E-state index < -0.39 is 9.84 Å². The number of sulfone groups is 1. The van der Waals surface area contributed by atoms with E-state index in [1.807, 2.05) is 0 Å². The number of aromatic nitrogens is 3. The van der Waals surface area contributed by atoms with Gasteiger partial charge in [0, 0.05) is 6.42 Å². The zero-order chi connectivity index (χ0) is 14.2. The summed E-state index contributed by atoms with van der Waals surface area (Å²) in [5.74, 6) is 1.48. The molecule has 6 nitrogen and oxygen atoms in total. The summed E-state index contributed by atoms with van der Waals surface area (Å²) in [7, 11) is -2.84. The molecule has 1 fully saturated rings. The zero-order valence-corrected chi connectivity index (χ0v) is 11.7. The van der Waals surface area contributed by atoms with E-state index in [1.54, 1.807) is 18.2 Å². The molecule has 0 aliphatic carbocycles. The van der Waals surface area contributed by atoms with Crippen molar-refractivity contribution in [3.05, 3.63) is 29.7 Å². The summed E-state index contributed by atoms with van der Waals surface area (Å²) in [6.45, 7) is 0. The van der Waals surface area contributed by atoms with Crippen molar-refractivity contribution in [3.63, 3.8) is 0 Å². The number of carbonyl (C=O) groups is 1. The molecule has 0 atom stereocenters. The van der Waals surface area contributed by atoms with Crippen LogP contribution in [0.4, 0.5) is 0 Å². The Morgan fingerprint density at radius 3 is 2.75 bits per heavy atom. The van der Waals surface area contributed by atoms with Gasteiger partial charge in [0.25, 0.3) is 0 Å². The van der Waals surface area contributed by atoms with Gasteiger partial charge in [-0.25, -0.2) is 17.9 Å². The van der Waals surface area contributed by atoms with Crippen molar-refractivity contribution in [3.8, 4) is 0 Å². The lowest BCUT2D eigenvalue weighted by atomic mass is 9.99. The number of hydrogen-bond acceptors (Lipinski definition) is 5. The second kappa shape index (κ2) is 4.97. The summed E-state index contributed by atoms with van der Waals surface area (Å²) in [6.07, 6.45) is 2.74. The summed E-state index contributed by atoms with van der Waals surface area (Å²) in [6, 6.07) is 5.26. The molecule has 1 aliphatic rings. The molecule has 7 heteroatoms.